The van der Waals surface area contributed by atoms with E-state index < -0.39 is 11.9 Å². The molecule has 4 fully saturated rings. The number of piperidine rings is 3. The molecule has 0 saturated carbocycles. The third kappa shape index (κ3) is 7.25. The number of hydrogen-bond donors (Lipinski definition) is 1. The number of pyridine rings is 2. The zero-order valence-electron chi connectivity index (χ0n) is 34.5. The molecule has 59 heavy (non-hydrogen) atoms. The van der Waals surface area contributed by atoms with Crippen molar-refractivity contribution in [1.29, 1.82) is 0 Å². The number of likely N-dealkylation sites (tertiary alicyclic amines) is 1. The van der Waals surface area contributed by atoms with Gasteiger partial charge in [0.2, 0.25) is 11.8 Å². The zero-order valence-corrected chi connectivity index (χ0v) is 34.5. The molecular weight excluding hydrogens is 749 g/mol. The molecule has 310 valence electrons. The van der Waals surface area contributed by atoms with Gasteiger partial charge in [0.1, 0.15) is 23.4 Å². The average molecular weight is 803 g/mol. The van der Waals surface area contributed by atoms with Gasteiger partial charge in [-0.15, -0.1) is 0 Å². The van der Waals surface area contributed by atoms with Crippen molar-refractivity contribution in [3.05, 3.63) is 75.2 Å². The van der Waals surface area contributed by atoms with Gasteiger partial charge in [0.25, 0.3) is 5.56 Å². The summed E-state index contributed by atoms with van der Waals surface area (Å²) in [6, 6.07) is 11.6. The summed E-state index contributed by atoms with van der Waals surface area (Å²) in [5, 5.41) is 3.86. The highest BCUT2D eigenvalue weighted by molar-refractivity contribution is 6.00. The number of amides is 2. The molecule has 14 nitrogen and oxygen atoms in total. The fourth-order valence-corrected chi connectivity index (χ4v) is 9.87. The fourth-order valence-electron chi connectivity index (χ4n) is 9.87. The van der Waals surface area contributed by atoms with Crippen molar-refractivity contribution < 1.29 is 19.1 Å². The van der Waals surface area contributed by atoms with Gasteiger partial charge in [-0.2, -0.15) is 0 Å². The number of aryl methyl sites for hydroxylation is 2. The molecule has 4 aliphatic heterocycles. The molecule has 0 radical (unpaired) electrons. The highest BCUT2D eigenvalue weighted by Crippen LogP contribution is 2.40. The van der Waals surface area contributed by atoms with Crippen LogP contribution in [-0.2, 0) is 30.2 Å². The van der Waals surface area contributed by atoms with Crippen molar-refractivity contribution in [3.8, 4) is 22.6 Å². The Morgan fingerprint density at radius 1 is 0.780 bits per heavy atom. The maximum atomic E-state index is 13.3. The van der Waals surface area contributed by atoms with Crippen molar-refractivity contribution in [2.75, 3.05) is 63.3 Å². The highest BCUT2D eigenvalue weighted by atomic mass is 16.5. The first-order valence-electron chi connectivity index (χ1n) is 21.1. The number of ether oxygens (including phenoxy) is 2. The van der Waals surface area contributed by atoms with Crippen molar-refractivity contribution in [1.82, 2.24) is 28.9 Å². The Bertz CT molecular complexity index is 2530. The summed E-state index contributed by atoms with van der Waals surface area (Å²) in [5.41, 5.74) is 5.20. The number of carbonyl (C=O) groups excluding carboxylic acids is 2. The quantitative estimate of drug-likeness (QED) is 0.193. The van der Waals surface area contributed by atoms with Crippen LogP contribution in [0, 0.1) is 11.8 Å². The van der Waals surface area contributed by atoms with Crippen LogP contribution >= 0.6 is 0 Å². The number of aromatic nitrogens is 4. The Hall–Kier alpha value is -5.63. The average Bonchev–Trinajstić information content (AvgIpc) is 3.47. The van der Waals surface area contributed by atoms with Gasteiger partial charge in [-0.1, -0.05) is 0 Å². The second-order valence-corrected chi connectivity index (χ2v) is 17.0. The van der Waals surface area contributed by atoms with E-state index in [0.717, 1.165) is 134 Å². The standard InChI is InChI=1S/C45H54N8O6/c1-48-26-34(32-24-41(52-14-5-15-52)46-25-33(32)44(48)56)30-21-39(58-3)35(40(22-30)59-4)27-50-16-10-28(11-17-50)20-29-12-18-51(19-13-29)31-6-7-36-38(23-31)49(2)45(57)53(36)37-8-9-42(54)47-43(37)55/h6-7,21-26,28-29,37H,5,8-20,27H2,1-4H3,(H,47,54,55). The van der Waals surface area contributed by atoms with Crippen LogP contribution in [0.15, 0.2) is 58.4 Å². The van der Waals surface area contributed by atoms with E-state index in [1.807, 2.05) is 18.3 Å². The van der Waals surface area contributed by atoms with Gasteiger partial charge in [0, 0.05) is 82.3 Å². The van der Waals surface area contributed by atoms with Crippen LogP contribution in [-0.4, -0.2) is 88.9 Å². The minimum Gasteiger partial charge on any atom is -0.496 e. The van der Waals surface area contributed by atoms with Gasteiger partial charge in [-0.05, 0) is 112 Å². The zero-order chi connectivity index (χ0) is 40.9. The molecule has 0 bridgehead atoms. The molecule has 1 atom stereocenters. The van der Waals surface area contributed by atoms with E-state index in [1.165, 1.54) is 6.42 Å². The van der Waals surface area contributed by atoms with E-state index in [4.69, 9.17) is 9.47 Å². The van der Waals surface area contributed by atoms with Crippen molar-refractivity contribution in [2.24, 2.45) is 25.9 Å². The predicted molar refractivity (Wildman–Crippen MR) is 229 cm³/mol. The largest absolute Gasteiger partial charge is 0.496 e. The van der Waals surface area contributed by atoms with Crippen LogP contribution in [0.1, 0.15) is 63.0 Å². The molecule has 1 N–H and O–H groups in total. The molecule has 14 heteroatoms. The Balaban J connectivity index is 0.827. The number of hydrogen-bond acceptors (Lipinski definition) is 10. The first kappa shape index (κ1) is 38.9. The SMILES string of the molecule is COc1cc(-c2cn(C)c(=O)c3cnc(N4CCC4)cc23)cc(OC)c1CN1CCC(CC2CCN(c3ccc4c(c3)n(C)c(=O)n4C3CCC(=O)NC3=O)CC2)CC1. The Labute approximate surface area is 343 Å². The number of fused-ring (bicyclic) bond motifs is 2. The second kappa shape index (κ2) is 15.9. The van der Waals surface area contributed by atoms with Crippen LogP contribution in [0.3, 0.4) is 0 Å². The lowest BCUT2D eigenvalue weighted by Gasteiger charge is -2.37. The number of imidazole rings is 1. The summed E-state index contributed by atoms with van der Waals surface area (Å²) >= 11 is 0. The topological polar surface area (TPSA) is 136 Å². The summed E-state index contributed by atoms with van der Waals surface area (Å²) in [6.45, 7) is 6.67. The molecule has 2 amide bonds. The second-order valence-electron chi connectivity index (χ2n) is 17.0. The third-order valence-corrected chi connectivity index (χ3v) is 13.5. The smallest absolute Gasteiger partial charge is 0.329 e. The summed E-state index contributed by atoms with van der Waals surface area (Å²) in [4.78, 5) is 62.6. The minimum absolute atomic E-state index is 0.0681. The van der Waals surface area contributed by atoms with Gasteiger partial charge in [0.15, 0.2) is 0 Å². The molecule has 9 rings (SSSR count). The van der Waals surface area contributed by atoms with Crippen molar-refractivity contribution in [2.45, 2.75) is 64.0 Å². The molecular formula is C45H54N8O6. The molecule has 0 aliphatic carbocycles. The lowest BCUT2D eigenvalue weighted by Crippen LogP contribution is -2.44. The summed E-state index contributed by atoms with van der Waals surface area (Å²) in [5.74, 6) is 3.12. The molecule has 7 heterocycles. The lowest BCUT2D eigenvalue weighted by atomic mass is 9.82. The Morgan fingerprint density at radius 3 is 2.12 bits per heavy atom. The number of nitrogens with one attached hydrogen (secondary N) is 1. The van der Waals surface area contributed by atoms with E-state index in [2.05, 4.69) is 49.3 Å². The van der Waals surface area contributed by atoms with Gasteiger partial charge >= 0.3 is 5.69 Å². The summed E-state index contributed by atoms with van der Waals surface area (Å²) in [6.07, 6.45) is 11.2. The molecule has 3 aromatic heterocycles. The van der Waals surface area contributed by atoms with Crippen molar-refractivity contribution >= 4 is 45.1 Å². The van der Waals surface area contributed by atoms with Gasteiger partial charge in [-0.25, -0.2) is 9.78 Å². The molecule has 2 aromatic carbocycles. The van der Waals surface area contributed by atoms with Crippen LogP contribution in [0.4, 0.5) is 11.5 Å². The monoisotopic (exact) mass is 802 g/mol. The maximum Gasteiger partial charge on any atom is 0.329 e. The maximum absolute atomic E-state index is 13.3. The van der Waals surface area contributed by atoms with Gasteiger partial charge in [0.05, 0.1) is 36.2 Å². The number of rotatable bonds is 10. The number of methoxy groups -OCH3 is 2. The first-order chi connectivity index (χ1) is 28.6. The third-order valence-electron chi connectivity index (χ3n) is 13.5. The number of benzene rings is 2. The minimum atomic E-state index is -0.683. The summed E-state index contributed by atoms with van der Waals surface area (Å²) in [7, 11) is 6.96. The number of anilines is 2. The molecule has 1 unspecified atom stereocenters. The molecule has 0 spiro atoms. The van der Waals surface area contributed by atoms with Crippen LogP contribution in [0.2, 0.25) is 0 Å². The summed E-state index contributed by atoms with van der Waals surface area (Å²) < 4.78 is 16.8. The fraction of sp³-hybridized carbons (Fsp3) is 0.489. The van der Waals surface area contributed by atoms with Crippen LogP contribution < -0.4 is 35.8 Å². The lowest BCUT2D eigenvalue weighted by molar-refractivity contribution is -0.135. The Kier molecular flexibility index (Phi) is 10.4. The van der Waals surface area contributed by atoms with E-state index in [9.17, 15) is 19.2 Å². The van der Waals surface area contributed by atoms with Gasteiger partial charge < -0.3 is 23.8 Å². The number of imide groups is 1. The van der Waals surface area contributed by atoms with Crippen LogP contribution in [0.5, 0.6) is 11.5 Å². The van der Waals surface area contributed by atoms with E-state index >= 15 is 0 Å². The van der Waals surface area contributed by atoms with E-state index in [1.54, 1.807) is 48.2 Å². The highest BCUT2D eigenvalue weighted by Gasteiger charge is 2.32. The molecule has 5 aromatic rings. The Morgan fingerprint density at radius 2 is 1.47 bits per heavy atom. The van der Waals surface area contributed by atoms with E-state index in [-0.39, 0.29) is 23.6 Å². The van der Waals surface area contributed by atoms with Crippen LogP contribution in [0.25, 0.3) is 32.9 Å². The van der Waals surface area contributed by atoms with E-state index in [0.29, 0.717) is 23.6 Å². The molecule has 4 aliphatic rings. The first-order valence-corrected chi connectivity index (χ1v) is 21.1. The number of nitrogens with zero attached hydrogens (tertiary/aromatic N) is 7. The van der Waals surface area contributed by atoms with Crippen molar-refractivity contribution in [3.63, 3.8) is 0 Å². The molecule has 4 saturated heterocycles. The predicted octanol–water partition coefficient (Wildman–Crippen LogP) is 4.98. The normalized spacial score (nSPS) is 19.7. The number of carbonyl (C=O) groups is 2. The van der Waals surface area contributed by atoms with Gasteiger partial charge in [-0.3, -0.25) is 33.7 Å².